The van der Waals surface area contributed by atoms with Crippen molar-refractivity contribution in [1.29, 1.82) is 0 Å². The van der Waals surface area contributed by atoms with Gasteiger partial charge in [-0.15, -0.1) is 0 Å². The molecule has 5 unspecified atom stereocenters. The lowest BCUT2D eigenvalue weighted by Crippen LogP contribution is -2.43. The van der Waals surface area contributed by atoms with E-state index in [0.717, 1.165) is 38.0 Å². The molecule has 178 valence electrons. The van der Waals surface area contributed by atoms with Crippen LogP contribution in [0.4, 0.5) is 0 Å². The molecular formula is C26H34N2O5. The van der Waals surface area contributed by atoms with Gasteiger partial charge in [0.05, 0.1) is 37.9 Å². The summed E-state index contributed by atoms with van der Waals surface area (Å²) >= 11 is 0. The highest BCUT2D eigenvalue weighted by atomic mass is 16.5. The second-order valence-electron chi connectivity index (χ2n) is 9.93. The third kappa shape index (κ3) is 4.06. The molecule has 0 spiro atoms. The number of carbonyl (C=O) groups excluding carboxylic acids is 2. The summed E-state index contributed by atoms with van der Waals surface area (Å²) in [6.07, 6.45) is 1.43. The van der Waals surface area contributed by atoms with Gasteiger partial charge in [0.1, 0.15) is 11.9 Å². The minimum atomic E-state index is -0.438. The Labute approximate surface area is 195 Å². The minimum Gasteiger partial charge on any atom is -0.497 e. The van der Waals surface area contributed by atoms with Crippen LogP contribution in [-0.2, 0) is 19.1 Å². The lowest BCUT2D eigenvalue weighted by molar-refractivity contribution is -0.137. The number of benzene rings is 1. The predicted molar refractivity (Wildman–Crippen MR) is 123 cm³/mol. The van der Waals surface area contributed by atoms with E-state index in [4.69, 9.17) is 14.2 Å². The zero-order valence-electron chi connectivity index (χ0n) is 19.8. The first-order valence-electron chi connectivity index (χ1n) is 12.2. The molecule has 0 aromatic heterocycles. The molecule has 7 nitrogen and oxygen atoms in total. The number of fused-ring (bicyclic) bond motifs is 1. The Hall–Kier alpha value is -2.38. The summed E-state index contributed by atoms with van der Waals surface area (Å²) < 4.78 is 17.3. The van der Waals surface area contributed by atoms with Gasteiger partial charge in [0.25, 0.3) is 5.91 Å². The summed E-state index contributed by atoms with van der Waals surface area (Å²) in [5.41, 5.74) is 1.43. The van der Waals surface area contributed by atoms with Gasteiger partial charge in [0.2, 0.25) is 0 Å². The van der Waals surface area contributed by atoms with E-state index < -0.39 is 6.04 Å². The third-order valence-corrected chi connectivity index (χ3v) is 7.98. The zero-order valence-corrected chi connectivity index (χ0v) is 19.8. The van der Waals surface area contributed by atoms with Crippen molar-refractivity contribution in [2.24, 2.45) is 17.8 Å². The molecule has 0 radical (unpaired) electrons. The van der Waals surface area contributed by atoms with Crippen molar-refractivity contribution in [1.82, 2.24) is 9.80 Å². The maximum absolute atomic E-state index is 13.9. The number of ketones is 1. The third-order valence-electron chi connectivity index (χ3n) is 7.98. The highest BCUT2D eigenvalue weighted by Gasteiger charge is 2.53. The van der Waals surface area contributed by atoms with E-state index in [1.165, 1.54) is 0 Å². The lowest BCUT2D eigenvalue weighted by atomic mass is 9.70. The van der Waals surface area contributed by atoms with Gasteiger partial charge >= 0.3 is 0 Å². The molecule has 1 aromatic rings. The van der Waals surface area contributed by atoms with Gasteiger partial charge in [0, 0.05) is 26.2 Å². The van der Waals surface area contributed by atoms with E-state index in [1.54, 1.807) is 7.11 Å². The Morgan fingerprint density at radius 2 is 1.82 bits per heavy atom. The first-order valence-corrected chi connectivity index (χ1v) is 12.2. The lowest BCUT2D eigenvalue weighted by Gasteiger charge is -2.40. The van der Waals surface area contributed by atoms with Crippen LogP contribution in [0.3, 0.4) is 0 Å². The minimum absolute atomic E-state index is 0.0926. The van der Waals surface area contributed by atoms with Crippen molar-refractivity contribution < 1.29 is 23.8 Å². The molecule has 0 N–H and O–H groups in total. The summed E-state index contributed by atoms with van der Waals surface area (Å²) in [4.78, 5) is 31.6. The van der Waals surface area contributed by atoms with Crippen molar-refractivity contribution in [3.05, 3.63) is 41.2 Å². The molecule has 5 rings (SSSR count). The van der Waals surface area contributed by atoms with Crippen LogP contribution >= 0.6 is 0 Å². The summed E-state index contributed by atoms with van der Waals surface area (Å²) in [5.74, 6) is 1.69. The fourth-order valence-electron chi connectivity index (χ4n) is 5.77. The molecular weight excluding hydrogens is 420 g/mol. The van der Waals surface area contributed by atoms with Gasteiger partial charge in [-0.2, -0.15) is 0 Å². The Morgan fingerprint density at radius 3 is 2.58 bits per heavy atom. The number of ether oxygens (including phenoxy) is 3. The largest absolute Gasteiger partial charge is 0.497 e. The summed E-state index contributed by atoms with van der Waals surface area (Å²) in [7, 11) is 1.63. The number of hydrogen-bond donors (Lipinski definition) is 0. The van der Waals surface area contributed by atoms with E-state index in [1.807, 2.05) is 29.2 Å². The molecule has 5 atom stereocenters. The Bertz CT molecular complexity index is 954. The monoisotopic (exact) mass is 454 g/mol. The predicted octanol–water partition coefficient (Wildman–Crippen LogP) is 2.81. The Morgan fingerprint density at radius 1 is 1.06 bits per heavy atom. The Kier molecular flexibility index (Phi) is 6.18. The number of Topliss-reactive ketones (excluding diaryl/α,β-unsaturated/α-hetero) is 1. The number of morpholine rings is 1. The second kappa shape index (κ2) is 9.11. The molecule has 1 aromatic carbocycles. The molecule has 3 heterocycles. The average molecular weight is 455 g/mol. The summed E-state index contributed by atoms with van der Waals surface area (Å²) in [6.45, 7) is 8.84. The van der Waals surface area contributed by atoms with Gasteiger partial charge in [-0.3, -0.25) is 14.5 Å². The highest BCUT2D eigenvalue weighted by Crippen LogP contribution is 2.48. The maximum Gasteiger partial charge on any atom is 0.290 e. The van der Waals surface area contributed by atoms with E-state index in [0.29, 0.717) is 42.9 Å². The van der Waals surface area contributed by atoms with Crippen molar-refractivity contribution in [3.63, 3.8) is 0 Å². The number of hydrogen-bond acceptors (Lipinski definition) is 6. The van der Waals surface area contributed by atoms with Crippen molar-refractivity contribution in [3.8, 4) is 5.75 Å². The molecule has 3 aliphatic heterocycles. The standard InChI is InChI=1S/C26H34N2O5/c1-16-13-20-21(14-17(16)2)33-25-22(24(20)29)23(18-5-4-6-19(15-18)31-3)28(26(25)30)8-7-27-9-11-32-12-10-27/h4-6,15-17,20-21,23H,7-14H2,1-3H3. The van der Waals surface area contributed by atoms with Crippen LogP contribution in [0.25, 0.3) is 0 Å². The van der Waals surface area contributed by atoms with Gasteiger partial charge in [0.15, 0.2) is 11.5 Å². The molecule has 4 aliphatic rings. The molecule has 2 fully saturated rings. The summed E-state index contributed by atoms with van der Waals surface area (Å²) in [6, 6.07) is 7.27. The molecule has 7 heteroatoms. The molecule has 33 heavy (non-hydrogen) atoms. The maximum atomic E-state index is 13.9. The van der Waals surface area contributed by atoms with Gasteiger partial charge in [-0.1, -0.05) is 26.0 Å². The molecule has 1 amide bonds. The molecule has 1 saturated carbocycles. The van der Waals surface area contributed by atoms with Crippen LogP contribution in [0.1, 0.15) is 38.3 Å². The van der Waals surface area contributed by atoms with Crippen molar-refractivity contribution >= 4 is 11.7 Å². The van der Waals surface area contributed by atoms with Gasteiger partial charge < -0.3 is 19.1 Å². The molecule has 1 saturated heterocycles. The van der Waals surface area contributed by atoms with E-state index in [-0.39, 0.29) is 29.5 Å². The number of nitrogens with zero attached hydrogens (tertiary/aromatic N) is 2. The summed E-state index contributed by atoms with van der Waals surface area (Å²) in [5, 5.41) is 0. The smallest absolute Gasteiger partial charge is 0.290 e. The molecule has 1 aliphatic carbocycles. The number of amides is 1. The quantitative estimate of drug-likeness (QED) is 0.682. The zero-order chi connectivity index (χ0) is 23.1. The number of rotatable bonds is 5. The first-order chi connectivity index (χ1) is 16.0. The number of carbonyl (C=O) groups is 2. The fraction of sp³-hybridized carbons (Fsp3) is 0.615. The first kappa shape index (κ1) is 22.4. The van der Waals surface area contributed by atoms with Gasteiger partial charge in [-0.25, -0.2) is 0 Å². The average Bonchev–Trinajstić information content (AvgIpc) is 3.11. The SMILES string of the molecule is COc1cccc(C2C3=C(OC4CC(C)C(C)CC4C3=O)C(=O)N2CCN2CCOCC2)c1. The van der Waals surface area contributed by atoms with Crippen LogP contribution in [-0.4, -0.2) is 74.1 Å². The second-order valence-corrected chi connectivity index (χ2v) is 9.93. The van der Waals surface area contributed by atoms with E-state index in [9.17, 15) is 9.59 Å². The number of methoxy groups -OCH3 is 1. The van der Waals surface area contributed by atoms with Crippen molar-refractivity contribution in [2.45, 2.75) is 38.8 Å². The molecule has 0 bridgehead atoms. The normalized spacial score (nSPS) is 32.5. The topological polar surface area (TPSA) is 68.3 Å². The van der Waals surface area contributed by atoms with E-state index >= 15 is 0 Å². The van der Waals surface area contributed by atoms with Gasteiger partial charge in [-0.05, 0) is 42.4 Å². The van der Waals surface area contributed by atoms with Crippen LogP contribution in [0.5, 0.6) is 5.75 Å². The fourth-order valence-corrected chi connectivity index (χ4v) is 5.77. The van der Waals surface area contributed by atoms with Crippen LogP contribution in [0.15, 0.2) is 35.6 Å². The highest BCUT2D eigenvalue weighted by molar-refractivity contribution is 6.11. The van der Waals surface area contributed by atoms with Crippen LogP contribution < -0.4 is 4.74 Å². The van der Waals surface area contributed by atoms with Crippen LogP contribution in [0, 0.1) is 17.8 Å². The van der Waals surface area contributed by atoms with Crippen molar-refractivity contribution in [2.75, 3.05) is 46.5 Å². The van der Waals surface area contributed by atoms with Crippen LogP contribution in [0.2, 0.25) is 0 Å². The van der Waals surface area contributed by atoms with E-state index in [2.05, 4.69) is 18.7 Å². The Balaban J connectivity index is 1.49.